The van der Waals surface area contributed by atoms with Crippen molar-refractivity contribution in [2.45, 2.75) is 38.5 Å². The molecule has 4 nitrogen and oxygen atoms in total. The van der Waals surface area contributed by atoms with E-state index in [9.17, 15) is 9.65 Å². The zero-order chi connectivity index (χ0) is 16.9. The molecule has 0 aliphatic carbocycles. The van der Waals surface area contributed by atoms with Crippen LogP contribution in [0.3, 0.4) is 0 Å². The summed E-state index contributed by atoms with van der Waals surface area (Å²) in [5.74, 6) is -0.229. The van der Waals surface area contributed by atoms with Crippen molar-refractivity contribution in [3.8, 4) is 6.07 Å². The number of halogens is 1. The predicted octanol–water partition coefficient (Wildman–Crippen LogP) is 3.84. The molecule has 1 aromatic heterocycles. The van der Waals surface area contributed by atoms with Crippen LogP contribution in [0.1, 0.15) is 35.0 Å². The van der Waals surface area contributed by atoms with Gasteiger partial charge >= 0.3 is 0 Å². The van der Waals surface area contributed by atoms with E-state index in [0.29, 0.717) is 6.61 Å². The Hall–Kier alpha value is -1.81. The highest BCUT2D eigenvalue weighted by atomic mass is 32.1. The summed E-state index contributed by atoms with van der Waals surface area (Å²) in [7, 11) is 0. The van der Waals surface area contributed by atoms with Crippen LogP contribution in [0.25, 0.3) is 0 Å². The zero-order valence-corrected chi connectivity index (χ0v) is 14.4. The van der Waals surface area contributed by atoms with E-state index >= 15 is 0 Å². The van der Waals surface area contributed by atoms with E-state index in [1.54, 1.807) is 29.0 Å². The summed E-state index contributed by atoms with van der Waals surface area (Å²) in [6.45, 7) is 4.13. The van der Waals surface area contributed by atoms with Gasteiger partial charge in [-0.3, -0.25) is 4.90 Å². The molecule has 126 valence electrons. The standard InChI is InChI=1S/C18H20FN3OS/c1-13-18(24-12-21-13)17(10-20)22-8-6-16(7-9-22)23-11-14-2-4-15(19)5-3-14/h2-5,12,16-17H,6-9,11H2,1H3. The number of aryl methyl sites for hydroxylation is 1. The molecule has 2 aromatic rings. The quantitative estimate of drug-likeness (QED) is 0.826. The van der Waals surface area contributed by atoms with Gasteiger partial charge in [-0.15, -0.1) is 11.3 Å². The minimum atomic E-state index is -0.229. The second-order valence-electron chi connectivity index (χ2n) is 6.01. The molecular formula is C18H20FN3OS. The summed E-state index contributed by atoms with van der Waals surface area (Å²) in [5, 5.41) is 9.54. The van der Waals surface area contributed by atoms with E-state index in [-0.39, 0.29) is 18.0 Å². The second kappa shape index (κ2) is 7.84. The highest BCUT2D eigenvalue weighted by Gasteiger charge is 2.28. The van der Waals surface area contributed by atoms with Crippen molar-refractivity contribution >= 4 is 11.3 Å². The fraction of sp³-hybridized carbons (Fsp3) is 0.444. The van der Waals surface area contributed by atoms with Crippen LogP contribution < -0.4 is 0 Å². The molecule has 1 unspecified atom stereocenters. The first-order valence-corrected chi connectivity index (χ1v) is 8.95. The van der Waals surface area contributed by atoms with Crippen LogP contribution in [0.4, 0.5) is 4.39 Å². The number of rotatable bonds is 5. The van der Waals surface area contributed by atoms with Gasteiger partial charge in [0.1, 0.15) is 11.9 Å². The SMILES string of the molecule is Cc1ncsc1C(C#N)N1CCC(OCc2ccc(F)cc2)CC1. The van der Waals surface area contributed by atoms with Gasteiger partial charge in [-0.2, -0.15) is 5.26 Å². The number of nitrogens with zero attached hydrogens (tertiary/aromatic N) is 3. The van der Waals surface area contributed by atoms with Crippen molar-refractivity contribution in [2.24, 2.45) is 0 Å². The van der Waals surface area contributed by atoms with Crippen LogP contribution in [0.15, 0.2) is 29.8 Å². The lowest BCUT2D eigenvalue weighted by Gasteiger charge is -2.34. The van der Waals surface area contributed by atoms with Crippen LogP contribution in [0.2, 0.25) is 0 Å². The number of thiazole rings is 1. The lowest BCUT2D eigenvalue weighted by Crippen LogP contribution is -2.39. The van der Waals surface area contributed by atoms with Crippen LogP contribution in [-0.2, 0) is 11.3 Å². The molecule has 6 heteroatoms. The van der Waals surface area contributed by atoms with Crippen molar-refractivity contribution in [3.05, 3.63) is 51.7 Å². The second-order valence-corrected chi connectivity index (χ2v) is 6.89. The van der Waals surface area contributed by atoms with Crippen LogP contribution in [-0.4, -0.2) is 29.1 Å². The number of nitriles is 1. The molecular weight excluding hydrogens is 325 g/mol. The zero-order valence-electron chi connectivity index (χ0n) is 13.6. The molecule has 0 amide bonds. The molecule has 1 aromatic carbocycles. The lowest BCUT2D eigenvalue weighted by molar-refractivity contribution is -0.00678. The molecule has 2 heterocycles. The van der Waals surface area contributed by atoms with Crippen molar-refractivity contribution in [2.75, 3.05) is 13.1 Å². The van der Waals surface area contributed by atoms with Gasteiger partial charge in [0, 0.05) is 13.1 Å². The number of ether oxygens (including phenoxy) is 1. The maximum absolute atomic E-state index is 12.9. The number of benzene rings is 1. The molecule has 1 atom stereocenters. The summed E-state index contributed by atoms with van der Waals surface area (Å²) in [6.07, 6.45) is 1.99. The highest BCUT2D eigenvalue weighted by molar-refractivity contribution is 7.09. The minimum absolute atomic E-state index is 0.188. The predicted molar refractivity (Wildman–Crippen MR) is 91.0 cm³/mol. The van der Waals surface area contributed by atoms with Gasteiger partial charge in [-0.25, -0.2) is 9.37 Å². The van der Waals surface area contributed by atoms with E-state index in [4.69, 9.17) is 4.74 Å². The average molecular weight is 345 g/mol. The molecule has 1 saturated heterocycles. The number of hydrogen-bond donors (Lipinski definition) is 0. The van der Waals surface area contributed by atoms with Crippen molar-refractivity contribution in [1.29, 1.82) is 5.26 Å². The van der Waals surface area contributed by atoms with Gasteiger partial charge in [0.2, 0.25) is 0 Å². The average Bonchev–Trinajstić information content (AvgIpc) is 3.02. The molecule has 24 heavy (non-hydrogen) atoms. The summed E-state index contributed by atoms with van der Waals surface area (Å²) >= 11 is 1.55. The summed E-state index contributed by atoms with van der Waals surface area (Å²) in [5.41, 5.74) is 3.73. The summed E-state index contributed by atoms with van der Waals surface area (Å²) in [4.78, 5) is 7.51. The van der Waals surface area contributed by atoms with E-state index in [1.165, 1.54) is 12.1 Å². The molecule has 1 fully saturated rings. The highest BCUT2D eigenvalue weighted by Crippen LogP contribution is 2.29. The van der Waals surface area contributed by atoms with Crippen molar-refractivity contribution in [3.63, 3.8) is 0 Å². The van der Waals surface area contributed by atoms with Gasteiger partial charge in [-0.1, -0.05) is 12.1 Å². The van der Waals surface area contributed by atoms with Crippen molar-refractivity contribution in [1.82, 2.24) is 9.88 Å². The Balaban J connectivity index is 1.51. The third kappa shape index (κ3) is 3.99. The fourth-order valence-electron chi connectivity index (χ4n) is 2.97. The third-order valence-electron chi connectivity index (χ3n) is 4.39. The first-order valence-electron chi connectivity index (χ1n) is 8.07. The maximum Gasteiger partial charge on any atom is 0.134 e. The number of aromatic nitrogens is 1. The molecule has 3 rings (SSSR count). The summed E-state index contributed by atoms with van der Waals surface area (Å²) < 4.78 is 18.8. The molecule has 1 aliphatic rings. The largest absolute Gasteiger partial charge is 0.373 e. The van der Waals surface area contributed by atoms with Crippen LogP contribution in [0, 0.1) is 24.1 Å². The molecule has 0 saturated carbocycles. The van der Waals surface area contributed by atoms with Crippen LogP contribution in [0.5, 0.6) is 0 Å². The van der Waals surface area contributed by atoms with Crippen molar-refractivity contribution < 1.29 is 9.13 Å². The van der Waals surface area contributed by atoms with E-state index in [2.05, 4.69) is 16.0 Å². The topological polar surface area (TPSA) is 49.2 Å². The number of hydrogen-bond acceptors (Lipinski definition) is 5. The fourth-order valence-corrected chi connectivity index (χ4v) is 3.85. The third-order valence-corrected chi connectivity index (χ3v) is 5.38. The first-order chi connectivity index (χ1) is 11.7. The van der Waals surface area contributed by atoms with Gasteiger partial charge < -0.3 is 4.74 Å². The Kier molecular flexibility index (Phi) is 5.56. The Morgan fingerprint density at radius 3 is 2.67 bits per heavy atom. The summed E-state index contributed by atoms with van der Waals surface area (Å²) in [6, 6.07) is 8.62. The van der Waals surface area contributed by atoms with Gasteiger partial charge in [0.15, 0.2) is 0 Å². The maximum atomic E-state index is 12.9. The van der Waals surface area contributed by atoms with Gasteiger partial charge in [0.05, 0.1) is 34.9 Å². The molecule has 1 aliphatic heterocycles. The van der Waals surface area contributed by atoms with Crippen LogP contribution >= 0.6 is 11.3 Å². The molecule has 0 bridgehead atoms. The Labute approximate surface area is 145 Å². The number of likely N-dealkylation sites (tertiary alicyclic amines) is 1. The van der Waals surface area contributed by atoms with E-state index < -0.39 is 0 Å². The Morgan fingerprint density at radius 1 is 1.38 bits per heavy atom. The first kappa shape index (κ1) is 17.0. The Morgan fingerprint density at radius 2 is 2.08 bits per heavy atom. The van der Waals surface area contributed by atoms with Gasteiger partial charge in [0.25, 0.3) is 0 Å². The van der Waals surface area contributed by atoms with E-state index in [1.807, 2.05) is 6.92 Å². The Bertz CT molecular complexity index is 702. The molecule has 0 radical (unpaired) electrons. The molecule has 0 N–H and O–H groups in total. The lowest BCUT2D eigenvalue weighted by atomic mass is 10.0. The molecule has 0 spiro atoms. The normalized spacial score (nSPS) is 17.5. The smallest absolute Gasteiger partial charge is 0.134 e. The minimum Gasteiger partial charge on any atom is -0.373 e. The van der Waals surface area contributed by atoms with E-state index in [0.717, 1.165) is 42.1 Å². The number of piperidine rings is 1. The van der Waals surface area contributed by atoms with Gasteiger partial charge in [-0.05, 0) is 37.5 Å². The monoisotopic (exact) mass is 345 g/mol.